The summed E-state index contributed by atoms with van der Waals surface area (Å²) in [6.07, 6.45) is 1.79. The van der Waals surface area contributed by atoms with Gasteiger partial charge in [-0.05, 0) is 18.4 Å². The Morgan fingerprint density at radius 1 is 1.40 bits per heavy atom. The van der Waals surface area contributed by atoms with Gasteiger partial charge in [0.05, 0.1) is 19.0 Å². The molecule has 0 aliphatic heterocycles. The molecule has 1 unspecified atom stereocenters. The Kier molecular flexibility index (Phi) is 5.76. The van der Waals surface area contributed by atoms with E-state index in [1.807, 2.05) is 13.8 Å². The Morgan fingerprint density at radius 3 is 2.55 bits per heavy atom. The smallest absolute Gasteiger partial charge is 0.326 e. The monoisotopic (exact) mass is 281 g/mol. The summed E-state index contributed by atoms with van der Waals surface area (Å²) in [6, 6.07) is 1.72. The molecule has 7 nitrogen and oxygen atoms in total. The van der Waals surface area contributed by atoms with Crippen LogP contribution in [0.2, 0.25) is 0 Å². The SMILES string of the molecule is COc1ccc(NC(=O)NC(CC(C)C)C(=O)O)cn1. The van der Waals surface area contributed by atoms with E-state index in [0.717, 1.165) is 0 Å². The van der Waals surface area contributed by atoms with Gasteiger partial charge in [-0.2, -0.15) is 0 Å². The van der Waals surface area contributed by atoms with Crippen LogP contribution >= 0.6 is 0 Å². The molecule has 0 aliphatic rings. The number of aliphatic carboxylic acids is 1. The van der Waals surface area contributed by atoms with Crippen LogP contribution in [0.25, 0.3) is 0 Å². The number of rotatable bonds is 6. The summed E-state index contributed by atoms with van der Waals surface area (Å²) in [6.45, 7) is 3.78. The lowest BCUT2D eigenvalue weighted by atomic mass is 10.0. The van der Waals surface area contributed by atoms with Crippen molar-refractivity contribution >= 4 is 17.7 Å². The molecule has 0 bridgehead atoms. The third-order valence-corrected chi connectivity index (χ3v) is 2.51. The Hall–Kier alpha value is -2.31. The number of carbonyl (C=O) groups is 2. The van der Waals surface area contributed by atoms with Crippen molar-refractivity contribution in [1.82, 2.24) is 10.3 Å². The van der Waals surface area contributed by atoms with E-state index < -0.39 is 18.0 Å². The molecule has 7 heteroatoms. The Labute approximate surface area is 117 Å². The average Bonchev–Trinajstić information content (AvgIpc) is 2.38. The Bertz CT molecular complexity index is 459. The van der Waals surface area contributed by atoms with E-state index in [2.05, 4.69) is 15.6 Å². The van der Waals surface area contributed by atoms with Gasteiger partial charge in [0.1, 0.15) is 6.04 Å². The van der Waals surface area contributed by atoms with E-state index in [4.69, 9.17) is 9.84 Å². The number of hydrogen-bond donors (Lipinski definition) is 3. The molecule has 0 aromatic carbocycles. The van der Waals surface area contributed by atoms with Gasteiger partial charge in [-0.1, -0.05) is 13.8 Å². The maximum absolute atomic E-state index is 11.7. The maximum atomic E-state index is 11.7. The fourth-order valence-electron chi connectivity index (χ4n) is 1.59. The van der Waals surface area contributed by atoms with Gasteiger partial charge < -0.3 is 20.5 Å². The first-order valence-electron chi connectivity index (χ1n) is 6.22. The van der Waals surface area contributed by atoms with Gasteiger partial charge in [0.25, 0.3) is 0 Å². The number of aromatic nitrogens is 1. The highest BCUT2D eigenvalue weighted by atomic mass is 16.5. The van der Waals surface area contributed by atoms with E-state index in [9.17, 15) is 9.59 Å². The van der Waals surface area contributed by atoms with Crippen molar-refractivity contribution in [2.24, 2.45) is 5.92 Å². The van der Waals surface area contributed by atoms with Gasteiger partial charge >= 0.3 is 12.0 Å². The number of nitrogens with zero attached hydrogens (tertiary/aromatic N) is 1. The van der Waals surface area contributed by atoms with E-state index in [-0.39, 0.29) is 5.92 Å². The second-order valence-electron chi connectivity index (χ2n) is 4.71. The number of urea groups is 1. The molecule has 0 aliphatic carbocycles. The predicted octanol–water partition coefficient (Wildman–Crippen LogP) is 1.71. The number of hydrogen-bond acceptors (Lipinski definition) is 4. The van der Waals surface area contributed by atoms with Crippen molar-refractivity contribution in [3.05, 3.63) is 18.3 Å². The number of ether oxygens (including phenoxy) is 1. The minimum atomic E-state index is -1.05. The van der Waals surface area contributed by atoms with Gasteiger partial charge in [0, 0.05) is 6.07 Å². The molecule has 20 heavy (non-hydrogen) atoms. The standard InChI is InChI=1S/C13H19N3O4/c1-8(2)6-10(12(17)18)16-13(19)15-9-4-5-11(20-3)14-7-9/h4-5,7-8,10H,6H2,1-3H3,(H,17,18)(H2,15,16,19). The van der Waals surface area contributed by atoms with E-state index in [0.29, 0.717) is 18.0 Å². The second-order valence-corrected chi connectivity index (χ2v) is 4.71. The van der Waals surface area contributed by atoms with E-state index in [1.54, 1.807) is 12.1 Å². The number of carbonyl (C=O) groups excluding carboxylic acids is 1. The summed E-state index contributed by atoms with van der Waals surface area (Å²) < 4.78 is 4.90. The molecule has 1 aromatic rings. The molecule has 0 radical (unpaired) electrons. The Morgan fingerprint density at radius 2 is 2.10 bits per heavy atom. The molecular weight excluding hydrogens is 262 g/mol. The van der Waals surface area contributed by atoms with Crippen LogP contribution in [0.1, 0.15) is 20.3 Å². The molecule has 1 aromatic heterocycles. The van der Waals surface area contributed by atoms with Crippen LogP contribution in [-0.2, 0) is 4.79 Å². The lowest BCUT2D eigenvalue weighted by molar-refractivity contribution is -0.139. The summed E-state index contributed by atoms with van der Waals surface area (Å²) in [7, 11) is 1.49. The fraction of sp³-hybridized carbons (Fsp3) is 0.462. The molecule has 110 valence electrons. The number of pyridine rings is 1. The van der Waals surface area contributed by atoms with Crippen molar-refractivity contribution in [3.63, 3.8) is 0 Å². The second kappa shape index (κ2) is 7.32. The molecular formula is C13H19N3O4. The molecule has 0 spiro atoms. The zero-order valence-electron chi connectivity index (χ0n) is 11.7. The quantitative estimate of drug-likeness (QED) is 0.737. The van der Waals surface area contributed by atoms with Crippen molar-refractivity contribution < 1.29 is 19.4 Å². The van der Waals surface area contributed by atoms with Gasteiger partial charge in [0.2, 0.25) is 5.88 Å². The first-order chi connectivity index (χ1) is 9.42. The van der Waals surface area contributed by atoms with Crippen molar-refractivity contribution in [1.29, 1.82) is 0 Å². The zero-order valence-corrected chi connectivity index (χ0v) is 11.7. The lowest BCUT2D eigenvalue weighted by Gasteiger charge is -2.16. The van der Waals surface area contributed by atoms with Gasteiger partial charge in [-0.15, -0.1) is 0 Å². The highest BCUT2D eigenvalue weighted by Gasteiger charge is 2.20. The van der Waals surface area contributed by atoms with Crippen LogP contribution in [0.5, 0.6) is 5.88 Å². The zero-order chi connectivity index (χ0) is 15.1. The molecule has 0 saturated heterocycles. The first-order valence-corrected chi connectivity index (χ1v) is 6.22. The molecule has 2 amide bonds. The maximum Gasteiger partial charge on any atom is 0.326 e. The summed E-state index contributed by atoms with van der Waals surface area (Å²) >= 11 is 0. The van der Waals surface area contributed by atoms with Crippen LogP contribution in [-0.4, -0.2) is 35.2 Å². The summed E-state index contributed by atoms with van der Waals surface area (Å²) in [4.78, 5) is 26.7. The van der Waals surface area contributed by atoms with Crippen LogP contribution in [0.4, 0.5) is 10.5 Å². The average molecular weight is 281 g/mol. The normalized spacial score (nSPS) is 11.8. The van der Waals surface area contributed by atoms with Crippen LogP contribution < -0.4 is 15.4 Å². The topological polar surface area (TPSA) is 101 Å². The molecule has 1 atom stereocenters. The van der Waals surface area contributed by atoms with E-state index in [1.165, 1.54) is 13.3 Å². The first kappa shape index (κ1) is 15.7. The van der Waals surface area contributed by atoms with Crippen molar-refractivity contribution in [3.8, 4) is 5.88 Å². The van der Waals surface area contributed by atoms with Crippen LogP contribution in [0.3, 0.4) is 0 Å². The minimum absolute atomic E-state index is 0.166. The number of nitrogens with one attached hydrogen (secondary N) is 2. The highest BCUT2D eigenvalue weighted by Crippen LogP contribution is 2.11. The van der Waals surface area contributed by atoms with Crippen LogP contribution in [0, 0.1) is 5.92 Å². The predicted molar refractivity (Wildman–Crippen MR) is 73.8 cm³/mol. The molecule has 1 rings (SSSR count). The number of anilines is 1. The molecule has 3 N–H and O–H groups in total. The largest absolute Gasteiger partial charge is 0.481 e. The summed E-state index contributed by atoms with van der Waals surface area (Å²) in [5, 5.41) is 14.0. The number of carboxylic acid groups (broad SMARTS) is 1. The number of carboxylic acids is 1. The molecule has 0 saturated carbocycles. The van der Waals surface area contributed by atoms with Gasteiger partial charge in [-0.25, -0.2) is 14.6 Å². The summed E-state index contributed by atoms with van der Waals surface area (Å²) in [5.41, 5.74) is 0.456. The molecule has 1 heterocycles. The number of methoxy groups -OCH3 is 1. The Balaban J connectivity index is 2.58. The fourth-order valence-corrected chi connectivity index (χ4v) is 1.59. The highest BCUT2D eigenvalue weighted by molar-refractivity contribution is 5.92. The molecule has 0 fully saturated rings. The number of amides is 2. The third kappa shape index (κ3) is 5.13. The third-order valence-electron chi connectivity index (χ3n) is 2.51. The summed E-state index contributed by atoms with van der Waals surface area (Å²) in [5.74, 6) is -0.458. The minimum Gasteiger partial charge on any atom is -0.481 e. The van der Waals surface area contributed by atoms with Crippen molar-refractivity contribution in [2.45, 2.75) is 26.3 Å². The van der Waals surface area contributed by atoms with Crippen molar-refractivity contribution in [2.75, 3.05) is 12.4 Å². The van der Waals surface area contributed by atoms with Gasteiger partial charge in [-0.3, -0.25) is 0 Å². The van der Waals surface area contributed by atoms with Gasteiger partial charge in [0.15, 0.2) is 0 Å². The van der Waals surface area contributed by atoms with E-state index >= 15 is 0 Å². The van der Waals surface area contributed by atoms with Crippen LogP contribution in [0.15, 0.2) is 18.3 Å². The lowest BCUT2D eigenvalue weighted by Crippen LogP contribution is -2.43.